The van der Waals surface area contributed by atoms with Gasteiger partial charge >= 0.3 is 0 Å². The first kappa shape index (κ1) is 12.6. The van der Waals surface area contributed by atoms with Crippen LogP contribution in [0.25, 0.3) is 0 Å². The molecule has 0 aliphatic carbocycles. The summed E-state index contributed by atoms with van der Waals surface area (Å²) in [4.78, 5) is 8.07. The highest BCUT2D eigenvalue weighted by molar-refractivity contribution is 9.10. The number of pyridine rings is 1. The van der Waals surface area contributed by atoms with E-state index in [0.717, 1.165) is 16.8 Å². The van der Waals surface area contributed by atoms with Crippen LogP contribution in [0, 0.1) is 13.8 Å². The number of thiophene rings is 1. The van der Waals surface area contributed by atoms with Gasteiger partial charge in [-0.25, -0.2) is 4.98 Å². The van der Waals surface area contributed by atoms with Gasteiger partial charge in [-0.3, -0.25) is 0 Å². The average molecular weight is 311 g/mol. The zero-order valence-electron chi connectivity index (χ0n) is 10.2. The Kier molecular flexibility index (Phi) is 3.84. The number of nitrogens with zero attached hydrogens (tertiary/aromatic N) is 2. The molecular weight excluding hydrogens is 296 g/mol. The summed E-state index contributed by atoms with van der Waals surface area (Å²) in [6.45, 7) is 5.16. The molecule has 0 aromatic carbocycles. The molecule has 0 unspecified atom stereocenters. The number of aryl methyl sites for hydroxylation is 2. The van der Waals surface area contributed by atoms with E-state index in [9.17, 15) is 0 Å². The topological polar surface area (TPSA) is 16.1 Å². The van der Waals surface area contributed by atoms with Gasteiger partial charge in [0.2, 0.25) is 0 Å². The summed E-state index contributed by atoms with van der Waals surface area (Å²) in [6, 6.07) is 4.26. The van der Waals surface area contributed by atoms with Crippen LogP contribution in [-0.2, 0) is 6.54 Å². The van der Waals surface area contributed by atoms with E-state index in [0.29, 0.717) is 0 Å². The number of hydrogen-bond acceptors (Lipinski definition) is 3. The number of aromatic nitrogens is 1. The van der Waals surface area contributed by atoms with Gasteiger partial charge < -0.3 is 4.90 Å². The number of hydrogen-bond donors (Lipinski definition) is 0. The predicted octanol–water partition coefficient (Wildman–Crippen LogP) is 4.16. The van der Waals surface area contributed by atoms with Crippen LogP contribution in [0.3, 0.4) is 0 Å². The van der Waals surface area contributed by atoms with Crippen molar-refractivity contribution >= 4 is 33.1 Å². The van der Waals surface area contributed by atoms with Crippen LogP contribution in [0.1, 0.15) is 16.0 Å². The molecule has 2 rings (SSSR count). The molecule has 0 saturated heterocycles. The molecule has 0 radical (unpaired) electrons. The van der Waals surface area contributed by atoms with E-state index in [1.165, 1.54) is 16.0 Å². The summed E-state index contributed by atoms with van der Waals surface area (Å²) >= 11 is 5.24. The normalized spacial score (nSPS) is 10.6. The zero-order valence-corrected chi connectivity index (χ0v) is 12.6. The van der Waals surface area contributed by atoms with Crippen molar-refractivity contribution in [2.24, 2.45) is 0 Å². The highest BCUT2D eigenvalue weighted by atomic mass is 79.9. The van der Waals surface area contributed by atoms with E-state index in [-0.39, 0.29) is 0 Å². The van der Waals surface area contributed by atoms with Crippen LogP contribution in [0.5, 0.6) is 0 Å². The minimum absolute atomic E-state index is 0.916. The zero-order chi connectivity index (χ0) is 12.4. The Morgan fingerprint density at radius 2 is 2.12 bits per heavy atom. The quantitative estimate of drug-likeness (QED) is 0.846. The second-order valence-corrected chi connectivity index (χ2v) is 6.09. The molecule has 2 heterocycles. The summed E-state index contributed by atoms with van der Waals surface area (Å²) in [7, 11) is 2.09. The Morgan fingerprint density at radius 1 is 1.35 bits per heavy atom. The molecule has 17 heavy (non-hydrogen) atoms. The molecule has 0 atom stereocenters. The Bertz CT molecular complexity index is 522. The maximum absolute atomic E-state index is 4.47. The Morgan fingerprint density at radius 3 is 2.71 bits per heavy atom. The van der Waals surface area contributed by atoms with Crippen molar-refractivity contribution in [2.75, 3.05) is 11.9 Å². The van der Waals surface area contributed by atoms with E-state index in [1.54, 1.807) is 11.3 Å². The van der Waals surface area contributed by atoms with Crippen molar-refractivity contribution < 1.29 is 0 Å². The Labute approximate surface area is 114 Å². The maximum Gasteiger partial charge on any atom is 0.131 e. The molecule has 0 N–H and O–H groups in total. The molecule has 2 aromatic heterocycles. The van der Waals surface area contributed by atoms with Crippen LogP contribution in [0.4, 0.5) is 5.82 Å². The summed E-state index contributed by atoms with van der Waals surface area (Å²) in [5.74, 6) is 1.04. The molecule has 4 heteroatoms. The third kappa shape index (κ3) is 2.87. The third-order valence-electron chi connectivity index (χ3n) is 2.73. The first-order valence-corrected chi connectivity index (χ1v) is 7.11. The maximum atomic E-state index is 4.47. The standard InChI is InChI=1S/C13H15BrN2S/c1-9-4-5-17-12(9)8-16(3)13-10(2)6-11(14)7-15-13/h4-7H,8H2,1-3H3. The van der Waals surface area contributed by atoms with Crippen molar-refractivity contribution in [3.8, 4) is 0 Å². The fourth-order valence-electron chi connectivity index (χ4n) is 1.79. The van der Waals surface area contributed by atoms with Crippen molar-refractivity contribution in [1.82, 2.24) is 4.98 Å². The van der Waals surface area contributed by atoms with E-state index >= 15 is 0 Å². The van der Waals surface area contributed by atoms with Crippen molar-refractivity contribution in [3.63, 3.8) is 0 Å². The van der Waals surface area contributed by atoms with Gasteiger partial charge in [0.1, 0.15) is 5.82 Å². The molecule has 0 fully saturated rings. The second kappa shape index (κ2) is 5.19. The highest BCUT2D eigenvalue weighted by Gasteiger charge is 2.09. The summed E-state index contributed by atoms with van der Waals surface area (Å²) in [5, 5.41) is 2.14. The van der Waals surface area contributed by atoms with Gasteiger partial charge in [0.05, 0.1) is 6.54 Å². The first-order valence-electron chi connectivity index (χ1n) is 5.44. The SMILES string of the molecule is Cc1cc(Br)cnc1N(C)Cc1sccc1C. The molecule has 0 bridgehead atoms. The van der Waals surface area contributed by atoms with E-state index in [2.05, 4.69) is 64.2 Å². The summed E-state index contributed by atoms with van der Waals surface area (Å²) < 4.78 is 1.03. The summed E-state index contributed by atoms with van der Waals surface area (Å²) in [6.07, 6.45) is 1.85. The molecular formula is C13H15BrN2S. The fraction of sp³-hybridized carbons (Fsp3) is 0.308. The molecule has 90 valence electrons. The first-order chi connectivity index (χ1) is 8.08. The van der Waals surface area contributed by atoms with E-state index in [1.807, 2.05) is 6.20 Å². The average Bonchev–Trinajstić information content (AvgIpc) is 2.64. The third-order valence-corrected chi connectivity index (χ3v) is 4.17. The van der Waals surface area contributed by atoms with Gasteiger partial charge in [-0.15, -0.1) is 11.3 Å². The predicted molar refractivity (Wildman–Crippen MR) is 77.8 cm³/mol. The van der Waals surface area contributed by atoms with Crippen molar-refractivity contribution in [3.05, 3.63) is 44.2 Å². The molecule has 2 nitrogen and oxygen atoms in total. The minimum atomic E-state index is 0.916. The van der Waals surface area contributed by atoms with Crippen LogP contribution < -0.4 is 4.90 Å². The smallest absolute Gasteiger partial charge is 0.131 e. The van der Waals surface area contributed by atoms with Gasteiger partial charge in [-0.2, -0.15) is 0 Å². The minimum Gasteiger partial charge on any atom is -0.354 e. The van der Waals surface area contributed by atoms with Gasteiger partial charge in [-0.1, -0.05) is 0 Å². The molecule has 0 aliphatic rings. The monoisotopic (exact) mass is 310 g/mol. The molecule has 0 spiro atoms. The number of anilines is 1. The fourth-order valence-corrected chi connectivity index (χ4v) is 3.19. The van der Waals surface area contributed by atoms with Crippen molar-refractivity contribution in [1.29, 1.82) is 0 Å². The number of rotatable bonds is 3. The Hall–Kier alpha value is -0.870. The van der Waals surface area contributed by atoms with Gasteiger partial charge in [0.25, 0.3) is 0 Å². The molecule has 0 amide bonds. The largest absolute Gasteiger partial charge is 0.354 e. The van der Waals surface area contributed by atoms with Crippen LogP contribution in [0.15, 0.2) is 28.2 Å². The lowest BCUT2D eigenvalue weighted by Crippen LogP contribution is -2.18. The Balaban J connectivity index is 2.20. The summed E-state index contributed by atoms with van der Waals surface area (Å²) in [5.41, 5.74) is 2.55. The lowest BCUT2D eigenvalue weighted by atomic mass is 10.2. The van der Waals surface area contributed by atoms with Crippen molar-refractivity contribution in [2.45, 2.75) is 20.4 Å². The molecule has 0 saturated carbocycles. The van der Waals surface area contributed by atoms with Gasteiger partial charge in [0, 0.05) is 22.6 Å². The van der Waals surface area contributed by atoms with E-state index < -0.39 is 0 Å². The van der Waals surface area contributed by atoms with E-state index in [4.69, 9.17) is 0 Å². The lowest BCUT2D eigenvalue weighted by Gasteiger charge is -2.20. The second-order valence-electron chi connectivity index (χ2n) is 4.18. The molecule has 2 aromatic rings. The lowest BCUT2D eigenvalue weighted by molar-refractivity contribution is 0.898. The highest BCUT2D eigenvalue weighted by Crippen LogP contribution is 2.23. The number of halogens is 1. The van der Waals surface area contributed by atoms with Crippen LogP contribution in [-0.4, -0.2) is 12.0 Å². The van der Waals surface area contributed by atoms with Gasteiger partial charge in [-0.05, 0) is 58.4 Å². The van der Waals surface area contributed by atoms with Crippen LogP contribution >= 0.6 is 27.3 Å². The van der Waals surface area contributed by atoms with Gasteiger partial charge in [0.15, 0.2) is 0 Å². The molecule has 0 aliphatic heterocycles. The van der Waals surface area contributed by atoms with Crippen LogP contribution in [0.2, 0.25) is 0 Å².